The number of anilines is 2. The summed E-state index contributed by atoms with van der Waals surface area (Å²) in [5, 5.41) is 0. The number of aromatic nitrogens is 4. The van der Waals surface area contributed by atoms with Crippen molar-refractivity contribution in [2.75, 3.05) is 30.4 Å². The molecule has 2 N–H and O–H groups in total. The Morgan fingerprint density at radius 1 is 1.08 bits per heavy atom. The van der Waals surface area contributed by atoms with E-state index in [4.69, 9.17) is 20.4 Å². The lowest BCUT2D eigenvalue weighted by molar-refractivity contribution is 0.160. The first-order valence-electron chi connectivity index (χ1n) is 9.07. The van der Waals surface area contributed by atoms with Gasteiger partial charge in [-0.2, -0.15) is 0 Å². The third kappa shape index (κ3) is 2.08. The van der Waals surface area contributed by atoms with Crippen LogP contribution in [0.2, 0.25) is 0 Å². The number of hydrogen-bond acceptors (Lipinski definition) is 7. The van der Waals surface area contributed by atoms with Crippen LogP contribution in [-0.4, -0.2) is 45.7 Å². The second-order valence-electron chi connectivity index (χ2n) is 7.84. The second kappa shape index (κ2) is 4.88. The zero-order chi connectivity index (χ0) is 16.5. The van der Waals surface area contributed by atoms with Gasteiger partial charge >= 0.3 is 0 Å². The van der Waals surface area contributed by atoms with Gasteiger partial charge in [0.2, 0.25) is 11.9 Å². The van der Waals surface area contributed by atoms with E-state index in [1.807, 2.05) is 0 Å². The summed E-state index contributed by atoms with van der Waals surface area (Å²) in [6.07, 6.45) is 6.07. The average Bonchev–Trinajstić information content (AvgIpc) is 3.04. The van der Waals surface area contributed by atoms with Gasteiger partial charge in [-0.1, -0.05) is 0 Å². The monoisotopic (exact) mass is 336 g/mol. The Balaban J connectivity index is 1.42. The highest BCUT2D eigenvalue weighted by molar-refractivity contribution is 5.60. The summed E-state index contributed by atoms with van der Waals surface area (Å²) in [6.45, 7) is 2.82. The first kappa shape index (κ1) is 13.9. The van der Waals surface area contributed by atoms with E-state index in [1.54, 1.807) is 12.4 Å². The Hall–Kier alpha value is -2.28. The Labute approximate surface area is 145 Å². The molecule has 2 aromatic heterocycles. The van der Waals surface area contributed by atoms with Gasteiger partial charge in [0, 0.05) is 36.5 Å². The highest BCUT2D eigenvalue weighted by Gasteiger charge is 2.55. The smallest absolute Gasteiger partial charge is 0.226 e. The predicted molar refractivity (Wildman–Crippen MR) is 91.9 cm³/mol. The van der Waals surface area contributed by atoms with E-state index in [9.17, 15) is 0 Å². The van der Waals surface area contributed by atoms with Gasteiger partial charge in [0.25, 0.3) is 0 Å². The van der Waals surface area contributed by atoms with E-state index in [0.29, 0.717) is 23.8 Å². The van der Waals surface area contributed by atoms with Crippen LogP contribution in [-0.2, 0) is 4.74 Å². The van der Waals surface area contributed by atoms with E-state index in [2.05, 4.69) is 20.9 Å². The molecule has 3 saturated heterocycles. The number of hydrogen-bond donors (Lipinski definition) is 1. The van der Waals surface area contributed by atoms with Crippen LogP contribution in [0, 0.1) is 17.8 Å². The highest BCUT2D eigenvalue weighted by atomic mass is 16.5. The van der Waals surface area contributed by atoms with Crippen LogP contribution < -0.4 is 10.6 Å². The van der Waals surface area contributed by atoms with Gasteiger partial charge in [0.1, 0.15) is 0 Å². The Morgan fingerprint density at radius 2 is 1.84 bits per heavy atom. The number of fused-ring (bicyclic) bond motifs is 2. The number of ether oxygens (including phenoxy) is 1. The molecule has 0 radical (unpaired) electrons. The van der Waals surface area contributed by atoms with Crippen molar-refractivity contribution < 1.29 is 4.74 Å². The summed E-state index contributed by atoms with van der Waals surface area (Å²) in [5.41, 5.74) is 8.58. The zero-order valence-electron chi connectivity index (χ0n) is 13.9. The van der Waals surface area contributed by atoms with E-state index in [-0.39, 0.29) is 5.95 Å². The van der Waals surface area contributed by atoms with Crippen molar-refractivity contribution in [1.29, 1.82) is 0 Å². The largest absolute Gasteiger partial charge is 0.381 e. The van der Waals surface area contributed by atoms with Crippen LogP contribution in [0.4, 0.5) is 11.9 Å². The molecule has 5 aliphatic rings. The van der Waals surface area contributed by atoms with E-state index in [1.165, 1.54) is 12.8 Å². The van der Waals surface area contributed by atoms with Crippen molar-refractivity contribution >= 4 is 11.9 Å². The van der Waals surface area contributed by atoms with E-state index >= 15 is 0 Å². The molecule has 2 atom stereocenters. The molecule has 2 saturated carbocycles. The maximum atomic E-state index is 5.63. The van der Waals surface area contributed by atoms with Crippen LogP contribution in [0.5, 0.6) is 0 Å². The molecule has 7 nitrogen and oxygen atoms in total. The van der Waals surface area contributed by atoms with Gasteiger partial charge in [0.05, 0.1) is 24.6 Å². The van der Waals surface area contributed by atoms with Crippen molar-refractivity contribution in [3.05, 3.63) is 24.2 Å². The number of nitrogens with two attached hydrogens (primary N) is 1. The zero-order valence-corrected chi connectivity index (χ0v) is 13.9. The van der Waals surface area contributed by atoms with Crippen molar-refractivity contribution in [2.45, 2.75) is 24.8 Å². The maximum absolute atomic E-state index is 5.63. The summed E-state index contributed by atoms with van der Waals surface area (Å²) < 4.78 is 5.55. The molecule has 5 fully saturated rings. The molecular weight excluding hydrogens is 316 g/mol. The minimum atomic E-state index is 0.285. The number of nitrogen functional groups attached to an aromatic ring is 1. The topological polar surface area (TPSA) is 90.0 Å². The van der Waals surface area contributed by atoms with Gasteiger partial charge in [-0.05, 0) is 36.7 Å². The lowest BCUT2D eigenvalue weighted by Crippen LogP contribution is -2.30. The molecule has 2 aliphatic carbocycles. The van der Waals surface area contributed by atoms with Crippen LogP contribution in [0.25, 0.3) is 11.3 Å². The Morgan fingerprint density at radius 3 is 2.52 bits per heavy atom. The highest BCUT2D eigenvalue weighted by Crippen LogP contribution is 2.57. The third-order valence-corrected chi connectivity index (χ3v) is 6.36. The maximum Gasteiger partial charge on any atom is 0.226 e. The van der Waals surface area contributed by atoms with E-state index in [0.717, 1.165) is 48.6 Å². The molecule has 2 unspecified atom stereocenters. The standard InChI is InChI=1S/C18H20N6O/c19-17-20-4-10(5-21-17)14-3-15(16-12-7-25-8-13(12)16)23-18(22-14)24-6-9-1-11(24)2-9/h3-5,9,11-13,16H,1-2,6-8H2,(H2,19,20,21). The fourth-order valence-corrected chi connectivity index (χ4v) is 4.82. The average molecular weight is 336 g/mol. The summed E-state index contributed by atoms with van der Waals surface area (Å²) >= 11 is 0. The summed E-state index contributed by atoms with van der Waals surface area (Å²) in [7, 11) is 0. The van der Waals surface area contributed by atoms with Crippen LogP contribution in [0.15, 0.2) is 18.5 Å². The number of nitrogens with zero attached hydrogens (tertiary/aromatic N) is 5. The molecule has 7 heteroatoms. The molecule has 25 heavy (non-hydrogen) atoms. The quantitative estimate of drug-likeness (QED) is 0.908. The molecule has 0 aromatic carbocycles. The fraction of sp³-hybridized carbons (Fsp3) is 0.556. The van der Waals surface area contributed by atoms with Gasteiger partial charge in [-0.3, -0.25) is 0 Å². The lowest BCUT2D eigenvalue weighted by Gasteiger charge is -2.26. The SMILES string of the molecule is Nc1ncc(-c2cc(C3C4COCC43)nc(N3CC4CC3C4)n2)cn1. The molecule has 0 amide bonds. The number of rotatable bonds is 3. The third-order valence-electron chi connectivity index (χ3n) is 6.36. The molecular formula is C18H20N6O. The fourth-order valence-electron chi connectivity index (χ4n) is 4.82. The minimum absolute atomic E-state index is 0.285. The molecule has 128 valence electrons. The van der Waals surface area contributed by atoms with Gasteiger partial charge in [0.15, 0.2) is 0 Å². The van der Waals surface area contributed by atoms with Crippen LogP contribution in [0.1, 0.15) is 24.5 Å². The normalized spacial score (nSPS) is 34.7. The van der Waals surface area contributed by atoms with Crippen molar-refractivity contribution in [3.8, 4) is 11.3 Å². The molecule has 2 aromatic rings. The summed E-state index contributed by atoms with van der Waals surface area (Å²) in [4.78, 5) is 20.5. The summed E-state index contributed by atoms with van der Waals surface area (Å²) in [5.74, 6) is 3.76. The van der Waals surface area contributed by atoms with Crippen molar-refractivity contribution in [1.82, 2.24) is 19.9 Å². The molecule has 0 spiro atoms. The van der Waals surface area contributed by atoms with Gasteiger partial charge in [-0.15, -0.1) is 0 Å². The molecule has 2 bridgehead atoms. The van der Waals surface area contributed by atoms with Gasteiger partial charge < -0.3 is 15.4 Å². The molecule has 7 rings (SSSR count). The Bertz CT molecular complexity index is 824. The van der Waals surface area contributed by atoms with Gasteiger partial charge in [-0.25, -0.2) is 19.9 Å². The minimum Gasteiger partial charge on any atom is -0.381 e. The molecule has 5 heterocycles. The van der Waals surface area contributed by atoms with Crippen LogP contribution >= 0.6 is 0 Å². The Kier molecular flexibility index (Phi) is 2.72. The summed E-state index contributed by atoms with van der Waals surface area (Å²) in [6, 6.07) is 2.74. The molecule has 3 aliphatic heterocycles. The van der Waals surface area contributed by atoms with Crippen molar-refractivity contribution in [3.63, 3.8) is 0 Å². The van der Waals surface area contributed by atoms with E-state index < -0.39 is 0 Å². The van der Waals surface area contributed by atoms with Crippen LogP contribution in [0.3, 0.4) is 0 Å². The second-order valence-corrected chi connectivity index (χ2v) is 7.84. The first-order valence-corrected chi connectivity index (χ1v) is 9.07. The first-order chi connectivity index (χ1) is 12.3. The lowest BCUT2D eigenvalue weighted by atomic mass is 9.86. The van der Waals surface area contributed by atoms with Crippen molar-refractivity contribution in [2.24, 2.45) is 17.8 Å². The predicted octanol–water partition coefficient (Wildman–Crippen LogP) is 1.47.